The van der Waals surface area contributed by atoms with Crippen molar-refractivity contribution in [3.05, 3.63) is 46.3 Å². The van der Waals surface area contributed by atoms with Gasteiger partial charge in [-0.3, -0.25) is 0 Å². The number of benzene rings is 1. The van der Waals surface area contributed by atoms with Gasteiger partial charge in [0.25, 0.3) is 0 Å². The van der Waals surface area contributed by atoms with Gasteiger partial charge in [0.15, 0.2) is 0 Å². The van der Waals surface area contributed by atoms with E-state index in [4.69, 9.17) is 16.1 Å². The lowest BCUT2D eigenvalue weighted by Crippen LogP contribution is -2.38. The minimum Gasteiger partial charge on any atom is -0.361 e. The van der Waals surface area contributed by atoms with Gasteiger partial charge in [-0.15, -0.1) is 0 Å². The molecule has 1 aromatic heterocycles. The molecule has 0 aliphatic heterocycles. The predicted molar refractivity (Wildman–Crippen MR) is 91.5 cm³/mol. The molecule has 1 aliphatic rings. The highest BCUT2D eigenvalue weighted by molar-refractivity contribution is 7.89. The Labute approximate surface area is 146 Å². The lowest BCUT2D eigenvalue weighted by Gasteiger charge is -2.23. The van der Waals surface area contributed by atoms with Gasteiger partial charge in [-0.1, -0.05) is 22.8 Å². The first-order chi connectivity index (χ1) is 11.3. The third kappa shape index (κ3) is 3.80. The van der Waals surface area contributed by atoms with Crippen LogP contribution in [0.2, 0.25) is 5.02 Å². The number of aryl methyl sites for hydroxylation is 1. The molecule has 0 saturated heterocycles. The molecule has 6 nitrogen and oxygen atoms in total. The highest BCUT2D eigenvalue weighted by Crippen LogP contribution is 2.26. The molecule has 1 unspecified atom stereocenters. The molecule has 130 valence electrons. The van der Waals surface area contributed by atoms with Gasteiger partial charge in [0.2, 0.25) is 10.0 Å². The highest BCUT2D eigenvalue weighted by Gasteiger charge is 2.29. The number of nitrogens with one attached hydrogen (secondary N) is 1. The Morgan fingerprint density at radius 2 is 2.21 bits per heavy atom. The van der Waals surface area contributed by atoms with E-state index in [9.17, 15) is 8.42 Å². The summed E-state index contributed by atoms with van der Waals surface area (Å²) in [6, 6.07) is 6.10. The van der Waals surface area contributed by atoms with E-state index in [1.165, 1.54) is 6.07 Å². The van der Waals surface area contributed by atoms with Crippen molar-refractivity contribution >= 4 is 21.6 Å². The van der Waals surface area contributed by atoms with Crippen LogP contribution in [0.1, 0.15) is 23.4 Å². The van der Waals surface area contributed by atoms with E-state index in [2.05, 4.69) is 9.88 Å². The zero-order valence-electron chi connectivity index (χ0n) is 13.6. The Bertz CT molecular complexity index is 833. The zero-order valence-corrected chi connectivity index (χ0v) is 15.2. The summed E-state index contributed by atoms with van der Waals surface area (Å²) >= 11 is 5.90. The van der Waals surface area contributed by atoms with Crippen LogP contribution in [0.4, 0.5) is 0 Å². The maximum atomic E-state index is 12.5. The molecule has 0 bridgehead atoms. The van der Waals surface area contributed by atoms with Crippen LogP contribution in [0, 0.1) is 0 Å². The first-order valence-electron chi connectivity index (χ1n) is 7.74. The molecule has 2 aromatic rings. The molecule has 0 radical (unpaired) electrons. The van der Waals surface area contributed by atoms with Crippen molar-refractivity contribution in [2.45, 2.75) is 36.7 Å². The standard InChI is InChI=1S/C16H20ClN3O3S/c1-20(2)10-15-14-9-12(6-7-16(14)23-18-15)19-24(21,22)13-5-3-4-11(17)8-13/h3-5,8,12,19H,6-7,9-10H2,1-2H3. The van der Waals surface area contributed by atoms with Crippen LogP contribution >= 0.6 is 11.6 Å². The Hall–Kier alpha value is -1.41. The average molecular weight is 370 g/mol. The van der Waals surface area contributed by atoms with E-state index in [0.717, 1.165) is 17.0 Å². The van der Waals surface area contributed by atoms with Gasteiger partial charge in [-0.2, -0.15) is 0 Å². The summed E-state index contributed by atoms with van der Waals surface area (Å²) < 4.78 is 33.3. The third-order valence-electron chi connectivity index (χ3n) is 4.02. The molecular formula is C16H20ClN3O3S. The van der Waals surface area contributed by atoms with Crippen molar-refractivity contribution < 1.29 is 12.9 Å². The molecule has 1 heterocycles. The lowest BCUT2D eigenvalue weighted by atomic mass is 9.92. The van der Waals surface area contributed by atoms with E-state index in [1.807, 2.05) is 19.0 Å². The fourth-order valence-corrected chi connectivity index (χ4v) is 4.48. The summed E-state index contributed by atoms with van der Waals surface area (Å²) in [4.78, 5) is 2.19. The molecule has 0 amide bonds. The Balaban J connectivity index is 1.77. The average Bonchev–Trinajstić information content (AvgIpc) is 2.89. The number of rotatable bonds is 5. The number of aromatic nitrogens is 1. The van der Waals surface area contributed by atoms with Crippen molar-refractivity contribution in [2.24, 2.45) is 0 Å². The van der Waals surface area contributed by atoms with Crippen LogP contribution in [0.15, 0.2) is 33.7 Å². The maximum Gasteiger partial charge on any atom is 0.240 e. The van der Waals surface area contributed by atoms with Crippen LogP contribution in [0.3, 0.4) is 0 Å². The van der Waals surface area contributed by atoms with Crippen LogP contribution in [-0.2, 0) is 29.4 Å². The molecule has 8 heteroatoms. The SMILES string of the molecule is CN(C)Cc1noc2c1CC(NS(=O)(=O)c1cccc(Cl)c1)CC2. The van der Waals surface area contributed by atoms with E-state index < -0.39 is 10.0 Å². The smallest absolute Gasteiger partial charge is 0.240 e. The minimum absolute atomic E-state index is 0.179. The van der Waals surface area contributed by atoms with Crippen molar-refractivity contribution in [3.63, 3.8) is 0 Å². The van der Waals surface area contributed by atoms with E-state index >= 15 is 0 Å². The fraction of sp³-hybridized carbons (Fsp3) is 0.438. The van der Waals surface area contributed by atoms with Crippen LogP contribution in [-0.4, -0.2) is 38.6 Å². The summed E-state index contributed by atoms with van der Waals surface area (Å²) in [6.45, 7) is 0.673. The fourth-order valence-electron chi connectivity index (χ4n) is 2.91. The van der Waals surface area contributed by atoms with Crippen molar-refractivity contribution in [1.29, 1.82) is 0 Å². The van der Waals surface area contributed by atoms with Gasteiger partial charge in [0.1, 0.15) is 11.5 Å². The number of halogens is 1. The van der Waals surface area contributed by atoms with Crippen molar-refractivity contribution in [1.82, 2.24) is 14.8 Å². The van der Waals surface area contributed by atoms with Crippen LogP contribution in [0.5, 0.6) is 0 Å². The van der Waals surface area contributed by atoms with Gasteiger partial charge in [-0.05, 0) is 45.1 Å². The van der Waals surface area contributed by atoms with E-state index in [0.29, 0.717) is 30.8 Å². The summed E-state index contributed by atoms with van der Waals surface area (Å²) in [7, 11) is 0.323. The van der Waals surface area contributed by atoms with Gasteiger partial charge in [0.05, 0.1) is 4.90 Å². The first-order valence-corrected chi connectivity index (χ1v) is 9.60. The third-order valence-corrected chi connectivity index (χ3v) is 5.77. The summed E-state index contributed by atoms with van der Waals surface area (Å²) in [5.41, 5.74) is 1.90. The first kappa shape index (κ1) is 17.4. The molecule has 1 N–H and O–H groups in total. The zero-order chi connectivity index (χ0) is 17.3. The minimum atomic E-state index is -3.60. The molecule has 3 rings (SSSR count). The summed E-state index contributed by atoms with van der Waals surface area (Å²) in [5, 5.41) is 4.53. The predicted octanol–water partition coefficient (Wildman–Crippen LogP) is 2.23. The number of nitrogens with zero attached hydrogens (tertiary/aromatic N) is 2. The normalized spacial score (nSPS) is 17.9. The van der Waals surface area contributed by atoms with Gasteiger partial charge in [-0.25, -0.2) is 13.1 Å². The van der Waals surface area contributed by atoms with E-state index in [1.54, 1.807) is 18.2 Å². The molecular weight excluding hydrogens is 350 g/mol. The Morgan fingerprint density at radius 1 is 1.42 bits per heavy atom. The molecule has 0 saturated carbocycles. The van der Waals surface area contributed by atoms with Crippen LogP contribution in [0.25, 0.3) is 0 Å². The highest BCUT2D eigenvalue weighted by atomic mass is 35.5. The van der Waals surface area contributed by atoms with Crippen LogP contribution < -0.4 is 4.72 Å². The number of hydrogen-bond donors (Lipinski definition) is 1. The second-order valence-corrected chi connectivity index (χ2v) is 8.44. The molecule has 0 spiro atoms. The lowest BCUT2D eigenvalue weighted by molar-refractivity contribution is 0.343. The Kier molecular flexibility index (Phi) is 4.96. The van der Waals surface area contributed by atoms with Gasteiger partial charge < -0.3 is 9.42 Å². The number of hydrogen-bond acceptors (Lipinski definition) is 5. The topological polar surface area (TPSA) is 75.4 Å². The number of sulfonamides is 1. The second-order valence-electron chi connectivity index (χ2n) is 6.29. The molecule has 1 aromatic carbocycles. The van der Waals surface area contributed by atoms with Gasteiger partial charge in [0, 0.05) is 29.6 Å². The molecule has 1 aliphatic carbocycles. The van der Waals surface area contributed by atoms with E-state index in [-0.39, 0.29) is 10.9 Å². The summed E-state index contributed by atoms with van der Waals surface area (Å²) in [6.07, 6.45) is 1.95. The maximum absolute atomic E-state index is 12.5. The number of fused-ring (bicyclic) bond motifs is 1. The summed E-state index contributed by atoms with van der Waals surface area (Å²) in [5.74, 6) is 0.866. The Morgan fingerprint density at radius 3 is 2.92 bits per heavy atom. The van der Waals surface area contributed by atoms with Gasteiger partial charge >= 0.3 is 0 Å². The molecule has 24 heavy (non-hydrogen) atoms. The molecule has 1 atom stereocenters. The van der Waals surface area contributed by atoms with Crippen molar-refractivity contribution in [3.8, 4) is 0 Å². The second kappa shape index (κ2) is 6.84. The largest absolute Gasteiger partial charge is 0.361 e. The monoisotopic (exact) mass is 369 g/mol. The quantitative estimate of drug-likeness (QED) is 0.874. The molecule has 0 fully saturated rings. The van der Waals surface area contributed by atoms with Crippen molar-refractivity contribution in [2.75, 3.05) is 14.1 Å².